The van der Waals surface area contributed by atoms with Crippen LogP contribution in [0, 0.1) is 0 Å². The van der Waals surface area contributed by atoms with Crippen LogP contribution in [0.3, 0.4) is 0 Å². The molecule has 0 aromatic carbocycles. The van der Waals surface area contributed by atoms with Gasteiger partial charge in [0.1, 0.15) is 0 Å². The Morgan fingerprint density at radius 3 is 2.72 bits per heavy atom. The van der Waals surface area contributed by atoms with Crippen LogP contribution in [-0.4, -0.2) is 24.4 Å². The molecule has 0 bridgehead atoms. The SMILES string of the molecule is CCCCC(CN)NC(=O)c1cc(C(N)=O)cs1. The minimum atomic E-state index is -0.522. The lowest BCUT2D eigenvalue weighted by molar-refractivity contribution is 0.0940. The number of unbranched alkanes of at least 4 members (excludes halogenated alkanes) is 1. The zero-order valence-electron chi connectivity index (χ0n) is 10.4. The molecule has 5 nitrogen and oxygen atoms in total. The van der Waals surface area contributed by atoms with Crippen LogP contribution in [0.1, 0.15) is 46.2 Å². The molecule has 1 aromatic heterocycles. The van der Waals surface area contributed by atoms with E-state index in [1.807, 2.05) is 0 Å². The molecule has 0 spiro atoms. The first-order chi connectivity index (χ1) is 8.58. The van der Waals surface area contributed by atoms with E-state index in [2.05, 4.69) is 12.2 Å². The van der Waals surface area contributed by atoms with Crippen LogP contribution in [0.15, 0.2) is 11.4 Å². The van der Waals surface area contributed by atoms with E-state index in [9.17, 15) is 9.59 Å². The number of thiophene rings is 1. The molecule has 1 heterocycles. The summed E-state index contributed by atoms with van der Waals surface area (Å²) in [7, 11) is 0. The third-order valence-electron chi connectivity index (χ3n) is 2.63. The molecule has 1 atom stereocenters. The molecule has 1 unspecified atom stereocenters. The summed E-state index contributed by atoms with van der Waals surface area (Å²) in [6, 6.07) is 1.49. The van der Waals surface area contributed by atoms with Crippen molar-refractivity contribution < 1.29 is 9.59 Å². The monoisotopic (exact) mass is 269 g/mol. The smallest absolute Gasteiger partial charge is 0.261 e. The molecular weight excluding hydrogens is 250 g/mol. The van der Waals surface area contributed by atoms with Crippen molar-refractivity contribution in [2.45, 2.75) is 32.2 Å². The van der Waals surface area contributed by atoms with Gasteiger partial charge in [-0.05, 0) is 12.5 Å². The molecule has 0 saturated carbocycles. The van der Waals surface area contributed by atoms with Crippen molar-refractivity contribution in [1.82, 2.24) is 5.32 Å². The highest BCUT2D eigenvalue weighted by molar-refractivity contribution is 7.12. The van der Waals surface area contributed by atoms with Gasteiger partial charge in [-0.3, -0.25) is 9.59 Å². The first kappa shape index (κ1) is 14.7. The zero-order chi connectivity index (χ0) is 13.5. The average Bonchev–Trinajstić information content (AvgIpc) is 2.83. The summed E-state index contributed by atoms with van der Waals surface area (Å²) in [5, 5.41) is 4.45. The number of primary amides is 1. The Balaban J connectivity index is 2.59. The van der Waals surface area contributed by atoms with Gasteiger partial charge in [0.15, 0.2) is 0 Å². The van der Waals surface area contributed by atoms with E-state index in [4.69, 9.17) is 11.5 Å². The first-order valence-electron chi connectivity index (χ1n) is 5.97. The zero-order valence-corrected chi connectivity index (χ0v) is 11.3. The van der Waals surface area contributed by atoms with Crippen molar-refractivity contribution >= 4 is 23.2 Å². The Labute approximate surface area is 111 Å². The van der Waals surface area contributed by atoms with Crippen LogP contribution >= 0.6 is 11.3 Å². The molecule has 1 rings (SSSR count). The van der Waals surface area contributed by atoms with Crippen molar-refractivity contribution in [3.63, 3.8) is 0 Å². The molecule has 1 aromatic rings. The normalized spacial score (nSPS) is 12.1. The third kappa shape index (κ3) is 4.12. The van der Waals surface area contributed by atoms with Crippen molar-refractivity contribution in [3.8, 4) is 0 Å². The fourth-order valence-electron chi connectivity index (χ4n) is 1.54. The van der Waals surface area contributed by atoms with Gasteiger partial charge in [-0.2, -0.15) is 0 Å². The standard InChI is InChI=1S/C12H19N3O2S/c1-2-3-4-9(6-13)15-12(17)10-5-8(7-18-10)11(14)16/h5,7,9H,2-4,6,13H2,1H3,(H2,14,16)(H,15,17). The van der Waals surface area contributed by atoms with Crippen molar-refractivity contribution in [2.75, 3.05) is 6.54 Å². The summed E-state index contributed by atoms with van der Waals surface area (Å²) < 4.78 is 0. The Morgan fingerprint density at radius 2 is 2.22 bits per heavy atom. The van der Waals surface area contributed by atoms with E-state index in [-0.39, 0.29) is 11.9 Å². The van der Waals surface area contributed by atoms with Gasteiger partial charge in [0, 0.05) is 18.0 Å². The summed E-state index contributed by atoms with van der Waals surface area (Å²) in [6.07, 6.45) is 2.96. The second-order valence-electron chi connectivity index (χ2n) is 4.11. The molecule has 100 valence electrons. The number of hydrogen-bond donors (Lipinski definition) is 3. The molecule has 0 fully saturated rings. The van der Waals surface area contributed by atoms with Crippen LogP contribution in [0.25, 0.3) is 0 Å². The summed E-state index contributed by atoms with van der Waals surface area (Å²) >= 11 is 1.21. The van der Waals surface area contributed by atoms with Gasteiger partial charge in [-0.15, -0.1) is 11.3 Å². The van der Waals surface area contributed by atoms with Crippen LogP contribution in [0.4, 0.5) is 0 Å². The third-order valence-corrected chi connectivity index (χ3v) is 3.56. The van der Waals surface area contributed by atoms with E-state index < -0.39 is 5.91 Å². The molecule has 0 aliphatic rings. The van der Waals surface area contributed by atoms with Gasteiger partial charge in [0.25, 0.3) is 5.91 Å². The van der Waals surface area contributed by atoms with Crippen LogP contribution in [0.5, 0.6) is 0 Å². The van der Waals surface area contributed by atoms with E-state index in [0.29, 0.717) is 17.0 Å². The van der Waals surface area contributed by atoms with Crippen LogP contribution in [0.2, 0.25) is 0 Å². The molecule has 0 aliphatic carbocycles. The number of amides is 2. The van der Waals surface area contributed by atoms with Crippen LogP contribution in [-0.2, 0) is 0 Å². The Morgan fingerprint density at radius 1 is 1.50 bits per heavy atom. The largest absolute Gasteiger partial charge is 0.366 e. The molecular formula is C12H19N3O2S. The van der Waals surface area contributed by atoms with Gasteiger partial charge in [-0.1, -0.05) is 19.8 Å². The van der Waals surface area contributed by atoms with Crippen molar-refractivity contribution in [1.29, 1.82) is 0 Å². The van der Waals surface area contributed by atoms with Crippen LogP contribution < -0.4 is 16.8 Å². The summed E-state index contributed by atoms with van der Waals surface area (Å²) in [4.78, 5) is 23.3. The molecule has 6 heteroatoms. The van der Waals surface area contributed by atoms with E-state index in [0.717, 1.165) is 19.3 Å². The van der Waals surface area contributed by atoms with Gasteiger partial charge in [-0.25, -0.2) is 0 Å². The van der Waals surface area contributed by atoms with Crippen molar-refractivity contribution in [2.24, 2.45) is 11.5 Å². The van der Waals surface area contributed by atoms with E-state index in [1.54, 1.807) is 5.38 Å². The molecule has 0 aliphatic heterocycles. The number of nitrogens with two attached hydrogens (primary N) is 2. The second kappa shape index (κ2) is 7.13. The predicted octanol–water partition coefficient (Wildman–Crippen LogP) is 1.09. The maximum absolute atomic E-state index is 11.9. The van der Waals surface area contributed by atoms with Gasteiger partial charge >= 0.3 is 0 Å². The molecule has 5 N–H and O–H groups in total. The quantitative estimate of drug-likeness (QED) is 0.691. The first-order valence-corrected chi connectivity index (χ1v) is 6.85. The summed E-state index contributed by atoms with van der Waals surface area (Å²) in [6.45, 7) is 2.51. The highest BCUT2D eigenvalue weighted by atomic mass is 32.1. The van der Waals surface area contributed by atoms with Gasteiger partial charge < -0.3 is 16.8 Å². The number of carbonyl (C=O) groups excluding carboxylic acids is 2. The summed E-state index contributed by atoms with van der Waals surface area (Å²) in [5.41, 5.74) is 11.1. The highest BCUT2D eigenvalue weighted by Gasteiger charge is 2.15. The predicted molar refractivity (Wildman–Crippen MR) is 72.7 cm³/mol. The van der Waals surface area contributed by atoms with Gasteiger partial charge in [0.2, 0.25) is 5.91 Å². The number of rotatable bonds is 7. The minimum Gasteiger partial charge on any atom is -0.366 e. The maximum Gasteiger partial charge on any atom is 0.261 e. The minimum absolute atomic E-state index is 0.0171. The maximum atomic E-state index is 11.9. The number of carbonyl (C=O) groups is 2. The fraction of sp³-hybridized carbons (Fsp3) is 0.500. The molecule has 18 heavy (non-hydrogen) atoms. The lowest BCUT2D eigenvalue weighted by atomic mass is 10.1. The van der Waals surface area contributed by atoms with Gasteiger partial charge in [0.05, 0.1) is 10.4 Å². The van der Waals surface area contributed by atoms with Crippen molar-refractivity contribution in [3.05, 3.63) is 21.9 Å². The van der Waals surface area contributed by atoms with E-state index >= 15 is 0 Å². The summed E-state index contributed by atoms with van der Waals surface area (Å²) in [5.74, 6) is -0.717. The lowest BCUT2D eigenvalue weighted by Gasteiger charge is -2.15. The second-order valence-corrected chi connectivity index (χ2v) is 5.02. The van der Waals surface area contributed by atoms with E-state index in [1.165, 1.54) is 17.4 Å². The lowest BCUT2D eigenvalue weighted by Crippen LogP contribution is -2.39. The average molecular weight is 269 g/mol. The molecule has 0 saturated heterocycles. The number of nitrogens with one attached hydrogen (secondary N) is 1. The molecule has 0 radical (unpaired) electrons. The number of hydrogen-bond acceptors (Lipinski definition) is 4. The topological polar surface area (TPSA) is 98.2 Å². The highest BCUT2D eigenvalue weighted by Crippen LogP contribution is 2.14. The Bertz CT molecular complexity index is 417. The Hall–Kier alpha value is -1.40. The Kier molecular flexibility index (Phi) is 5.80. The molecule has 2 amide bonds. The fourth-order valence-corrected chi connectivity index (χ4v) is 2.34.